The number of allylic oxidation sites excluding steroid dienone is 5. The predicted molar refractivity (Wildman–Crippen MR) is 222 cm³/mol. The van der Waals surface area contributed by atoms with E-state index < -0.39 is 65.1 Å². The number of thiazole rings is 1. The lowest BCUT2D eigenvalue weighted by atomic mass is 9.77. The number of anilines is 1. The predicted octanol–water partition coefficient (Wildman–Crippen LogP) is 5.21. The fourth-order valence-electron chi connectivity index (χ4n) is 7.13. The quantitative estimate of drug-likeness (QED) is 0.0147. The van der Waals surface area contributed by atoms with E-state index in [4.69, 9.17) is 10.1 Å². The minimum absolute atomic E-state index is 0.00237. The van der Waals surface area contributed by atoms with E-state index in [0.29, 0.717) is 57.6 Å². The van der Waals surface area contributed by atoms with Crippen molar-refractivity contribution < 1.29 is 77.3 Å². The molecular weight excluding hydrogens is 903 g/mol. The standard InChI is InChI=1S/C37H43N3O16S5/c1-37(19-7-3-6-12-36(43)54-40-33(41)17-18-34(40)42)28-25-27(61(51,52)53)14-16-29(28)38(20-8-22-59(45,46)47)32(37)10-4-2-5-11-35-39(21-9-23-60(48,49)50)30-15-13-26(58-56-55-44)24-31(30)57-35/h2,4-5,10-11,13-16,24-25H,3,6-9,12,17-23H2,1H3,(H3-,44,45,46,47,48,49,50,51,52,53)/p+1. The number of aryl methyl sites for hydroxylation is 1. The zero-order valence-electron chi connectivity index (χ0n) is 32.6. The van der Waals surface area contributed by atoms with Crippen molar-refractivity contribution in [3.05, 3.63) is 77.0 Å². The maximum absolute atomic E-state index is 12.4. The number of fused-ring (bicyclic) bond motifs is 2. The molecule has 0 saturated carbocycles. The van der Waals surface area contributed by atoms with Gasteiger partial charge in [0.2, 0.25) is 5.52 Å². The lowest BCUT2D eigenvalue weighted by molar-refractivity contribution is -0.668. The Labute approximate surface area is 360 Å². The molecule has 0 aliphatic carbocycles. The van der Waals surface area contributed by atoms with Crippen molar-refractivity contribution in [2.24, 2.45) is 0 Å². The smallest absolute Gasteiger partial charge is 0.333 e. The molecule has 2 aromatic carbocycles. The van der Waals surface area contributed by atoms with E-state index in [1.54, 1.807) is 48.6 Å². The first-order chi connectivity index (χ1) is 28.7. The molecule has 3 heterocycles. The number of unbranched alkanes of at least 4 members (excludes halogenated alkanes) is 2. The molecule has 1 unspecified atom stereocenters. The summed E-state index contributed by atoms with van der Waals surface area (Å²) in [6, 6.07) is 9.40. The molecule has 0 bridgehead atoms. The zero-order chi connectivity index (χ0) is 44.6. The number of nitrogens with zero attached hydrogens (tertiary/aromatic N) is 3. The van der Waals surface area contributed by atoms with Crippen LogP contribution in [0.5, 0.6) is 0 Å². The molecule has 2 aliphatic rings. The van der Waals surface area contributed by atoms with Gasteiger partial charge >= 0.3 is 5.97 Å². The lowest BCUT2D eigenvalue weighted by Crippen LogP contribution is -2.35. The minimum atomic E-state index is -4.63. The van der Waals surface area contributed by atoms with Crippen LogP contribution >= 0.6 is 23.4 Å². The van der Waals surface area contributed by atoms with E-state index in [1.807, 2.05) is 16.4 Å². The van der Waals surface area contributed by atoms with Gasteiger partial charge in [-0.15, -0.1) is 9.40 Å². The monoisotopic (exact) mass is 946 g/mol. The SMILES string of the molecule is CC1(CCCCCC(=O)ON2C(=O)CCC2=O)/C(=C/C=C/C=C/c2sc3cc(SOOO)ccc3[n+]2CCCS(=O)(=O)O)N(CCCS(=O)(=O)O)c2ccc(S(=O)(=O)O)cc21. The molecule has 61 heavy (non-hydrogen) atoms. The number of carbonyl (C=O) groups is 3. The van der Waals surface area contributed by atoms with Crippen LogP contribution in [-0.4, -0.2) is 85.1 Å². The van der Waals surface area contributed by atoms with Gasteiger partial charge in [-0.25, -0.2) is 10.1 Å². The normalized spacial score (nSPS) is 18.1. The summed E-state index contributed by atoms with van der Waals surface area (Å²) in [4.78, 5) is 43.1. The lowest BCUT2D eigenvalue weighted by Gasteiger charge is -2.30. The second-order valence-corrected chi connectivity index (χ2v) is 20.7. The Balaban J connectivity index is 1.43. The average Bonchev–Trinajstić information content (AvgIpc) is 3.76. The highest BCUT2D eigenvalue weighted by atomic mass is 32.2. The molecule has 332 valence electrons. The van der Waals surface area contributed by atoms with Crippen LogP contribution in [-0.2, 0) is 70.9 Å². The van der Waals surface area contributed by atoms with Crippen molar-refractivity contribution >= 4 is 93.5 Å². The van der Waals surface area contributed by atoms with Crippen LogP contribution < -0.4 is 9.47 Å². The molecule has 24 heteroatoms. The topological polar surface area (TPSA) is 273 Å². The summed E-state index contributed by atoms with van der Waals surface area (Å²) in [5.74, 6) is -2.92. The number of benzene rings is 2. The molecule has 5 rings (SSSR count). The van der Waals surface area contributed by atoms with E-state index in [2.05, 4.69) is 9.37 Å². The Hall–Kier alpha value is -4.08. The number of amides is 2. The highest BCUT2D eigenvalue weighted by Crippen LogP contribution is 2.51. The molecule has 2 amide bonds. The molecule has 1 atom stereocenters. The number of hydrogen-bond acceptors (Lipinski definition) is 16. The number of hydrogen-bond donors (Lipinski definition) is 4. The first-order valence-electron chi connectivity index (χ1n) is 18.7. The van der Waals surface area contributed by atoms with Gasteiger partial charge in [0, 0.05) is 66.1 Å². The second kappa shape index (κ2) is 20.4. The van der Waals surface area contributed by atoms with E-state index in [1.165, 1.54) is 29.5 Å². The number of imide groups is 1. The second-order valence-electron chi connectivity index (χ2n) is 14.3. The van der Waals surface area contributed by atoms with E-state index in [0.717, 1.165) is 22.3 Å². The molecule has 1 aromatic heterocycles. The van der Waals surface area contributed by atoms with Crippen LogP contribution in [0.3, 0.4) is 0 Å². The largest absolute Gasteiger partial charge is 0.344 e. The molecule has 4 N–H and O–H groups in total. The molecule has 1 saturated heterocycles. The Bertz CT molecular complexity index is 2560. The maximum atomic E-state index is 12.4. The van der Waals surface area contributed by atoms with E-state index in [-0.39, 0.29) is 50.1 Å². The third kappa shape index (κ3) is 13.0. The summed E-state index contributed by atoms with van der Waals surface area (Å²) in [6.45, 7) is 2.22. The van der Waals surface area contributed by atoms with Crippen molar-refractivity contribution in [1.82, 2.24) is 5.06 Å². The highest BCUT2D eigenvalue weighted by molar-refractivity contribution is 7.94. The van der Waals surface area contributed by atoms with Gasteiger partial charge < -0.3 is 9.74 Å². The van der Waals surface area contributed by atoms with Gasteiger partial charge in [-0.1, -0.05) is 47.4 Å². The summed E-state index contributed by atoms with van der Waals surface area (Å²) in [7, 11) is -13.1. The Morgan fingerprint density at radius 2 is 1.61 bits per heavy atom. The summed E-state index contributed by atoms with van der Waals surface area (Å²) < 4.78 is 107. The minimum Gasteiger partial charge on any atom is -0.344 e. The molecular formula is C37H44N3O16S5+. The number of aromatic nitrogens is 1. The van der Waals surface area contributed by atoms with Gasteiger partial charge in [-0.05, 0) is 68.2 Å². The number of rotatable bonds is 22. The van der Waals surface area contributed by atoms with E-state index >= 15 is 0 Å². The van der Waals surface area contributed by atoms with Crippen molar-refractivity contribution in [2.75, 3.05) is 23.0 Å². The molecule has 2 aliphatic heterocycles. The Kier molecular flexibility index (Phi) is 16.0. The van der Waals surface area contributed by atoms with Crippen LogP contribution in [0.15, 0.2) is 76.2 Å². The zero-order valence-corrected chi connectivity index (χ0v) is 36.7. The third-order valence-corrected chi connectivity index (χ3v) is 14.1. The summed E-state index contributed by atoms with van der Waals surface area (Å²) in [6.07, 6.45) is 10.4. The van der Waals surface area contributed by atoms with Crippen molar-refractivity contribution in [1.29, 1.82) is 0 Å². The number of carbonyl (C=O) groups excluding carboxylic acids is 3. The average molecular weight is 947 g/mol. The van der Waals surface area contributed by atoms with Crippen molar-refractivity contribution in [3.63, 3.8) is 0 Å². The van der Waals surface area contributed by atoms with Gasteiger partial charge in [0.15, 0.2) is 6.54 Å². The van der Waals surface area contributed by atoms with Crippen molar-refractivity contribution in [2.45, 2.75) is 86.5 Å². The van der Waals surface area contributed by atoms with Crippen molar-refractivity contribution in [3.8, 4) is 0 Å². The van der Waals surface area contributed by atoms with Gasteiger partial charge in [0.05, 0.1) is 28.4 Å². The maximum Gasteiger partial charge on any atom is 0.333 e. The molecule has 0 spiro atoms. The highest BCUT2D eigenvalue weighted by Gasteiger charge is 2.43. The first-order valence-corrected chi connectivity index (χ1v) is 24.9. The summed E-state index contributed by atoms with van der Waals surface area (Å²) in [5.41, 5.74) is 1.55. The van der Waals surface area contributed by atoms with Gasteiger partial charge in [-0.2, -0.15) is 29.8 Å². The van der Waals surface area contributed by atoms with Crippen LogP contribution in [0, 0.1) is 0 Å². The van der Waals surface area contributed by atoms with Gasteiger partial charge in [0.25, 0.3) is 47.2 Å². The Morgan fingerprint density at radius 3 is 2.28 bits per heavy atom. The van der Waals surface area contributed by atoms with Crippen LogP contribution in [0.1, 0.15) is 75.3 Å². The van der Waals surface area contributed by atoms with Crippen LogP contribution in [0.25, 0.3) is 16.3 Å². The molecule has 1 fully saturated rings. The fraction of sp³-hybridized carbons (Fsp3) is 0.405. The summed E-state index contributed by atoms with van der Waals surface area (Å²) >= 11 is 2.15. The van der Waals surface area contributed by atoms with Gasteiger partial charge in [0.1, 0.15) is 4.70 Å². The third-order valence-electron chi connectivity index (χ3n) is 9.91. The number of hydroxylamine groups is 2. The summed E-state index contributed by atoms with van der Waals surface area (Å²) in [5, 5.41) is 13.4. The molecule has 3 aromatic rings. The Morgan fingerprint density at radius 1 is 0.902 bits per heavy atom. The molecule has 19 nitrogen and oxygen atoms in total. The van der Waals surface area contributed by atoms with Crippen LogP contribution in [0.2, 0.25) is 0 Å². The molecule has 0 radical (unpaired) electrons. The fourth-order valence-corrected chi connectivity index (χ4v) is 10.2. The van der Waals surface area contributed by atoms with Crippen LogP contribution in [0.4, 0.5) is 5.69 Å². The first kappa shape index (κ1) is 48.0. The van der Waals surface area contributed by atoms with Gasteiger partial charge in [-0.3, -0.25) is 23.2 Å². The van der Waals surface area contributed by atoms with E-state index in [9.17, 15) is 53.3 Å².